The SMILES string of the molecule is CC(=O)O[C@H]1C[C@]2(O)[C@@H]3CC[C@]4(O)C[C@@H](O)CC[C@]4(C)[C@H]3CC[C@]2(C)[C@H]1c1ccc(=O)oc1. The van der Waals surface area contributed by atoms with Gasteiger partial charge in [0.2, 0.25) is 0 Å². The Bertz CT molecular complexity index is 984. The molecule has 0 amide bonds. The lowest BCUT2D eigenvalue weighted by Crippen LogP contribution is -2.67. The largest absolute Gasteiger partial charge is 0.462 e. The van der Waals surface area contributed by atoms with Crippen molar-refractivity contribution in [1.82, 2.24) is 0 Å². The highest BCUT2D eigenvalue weighted by molar-refractivity contribution is 5.66. The van der Waals surface area contributed by atoms with Gasteiger partial charge in [0.1, 0.15) is 6.10 Å². The third-order valence-corrected chi connectivity index (χ3v) is 10.4. The van der Waals surface area contributed by atoms with Gasteiger partial charge in [0.25, 0.3) is 0 Å². The molecule has 4 aliphatic rings. The minimum atomic E-state index is -1.09. The molecule has 1 aromatic rings. The second-order valence-corrected chi connectivity index (χ2v) is 11.7. The van der Waals surface area contributed by atoms with Crippen molar-refractivity contribution in [2.45, 2.75) is 101 Å². The van der Waals surface area contributed by atoms with Crippen LogP contribution in [-0.2, 0) is 9.53 Å². The van der Waals surface area contributed by atoms with Gasteiger partial charge in [-0.2, -0.15) is 0 Å². The van der Waals surface area contributed by atoms with E-state index in [0.717, 1.165) is 18.4 Å². The molecular weight excluding hydrogens is 424 g/mol. The fourth-order valence-electron chi connectivity index (χ4n) is 8.66. The van der Waals surface area contributed by atoms with Gasteiger partial charge in [0.05, 0.1) is 23.6 Å². The summed E-state index contributed by atoms with van der Waals surface area (Å²) in [4.78, 5) is 23.6. The molecule has 1 aromatic heterocycles. The maximum absolute atomic E-state index is 12.5. The Balaban J connectivity index is 1.56. The Morgan fingerprint density at radius 3 is 2.39 bits per heavy atom. The highest BCUT2D eigenvalue weighted by atomic mass is 16.5. The summed E-state index contributed by atoms with van der Waals surface area (Å²) in [6, 6.07) is 3.10. The second kappa shape index (κ2) is 7.40. The quantitative estimate of drug-likeness (QED) is 0.581. The number of carbonyl (C=O) groups excluding carboxylic acids is 1. The Hall–Kier alpha value is -1.70. The smallest absolute Gasteiger partial charge is 0.335 e. The zero-order valence-electron chi connectivity index (χ0n) is 19.8. The van der Waals surface area contributed by atoms with E-state index in [2.05, 4.69) is 13.8 Å². The van der Waals surface area contributed by atoms with Crippen LogP contribution in [0.5, 0.6) is 0 Å². The molecule has 5 rings (SSSR count). The molecule has 4 aliphatic carbocycles. The molecule has 0 aromatic carbocycles. The van der Waals surface area contributed by atoms with Gasteiger partial charge < -0.3 is 24.5 Å². The van der Waals surface area contributed by atoms with Crippen molar-refractivity contribution >= 4 is 5.97 Å². The van der Waals surface area contributed by atoms with Crippen molar-refractivity contribution in [2.75, 3.05) is 0 Å². The van der Waals surface area contributed by atoms with Gasteiger partial charge >= 0.3 is 11.6 Å². The Labute approximate surface area is 194 Å². The Morgan fingerprint density at radius 1 is 1.03 bits per heavy atom. The summed E-state index contributed by atoms with van der Waals surface area (Å²) in [5.74, 6) is -0.614. The molecule has 0 saturated heterocycles. The molecule has 4 fully saturated rings. The van der Waals surface area contributed by atoms with Crippen LogP contribution in [0, 0.1) is 22.7 Å². The predicted molar refractivity (Wildman–Crippen MR) is 119 cm³/mol. The fraction of sp³-hybridized carbons (Fsp3) is 0.769. The first-order chi connectivity index (χ1) is 15.4. The molecule has 0 aliphatic heterocycles. The first-order valence-corrected chi connectivity index (χ1v) is 12.3. The molecule has 0 bridgehead atoms. The number of fused-ring (bicyclic) bond motifs is 5. The number of aliphatic hydroxyl groups excluding tert-OH is 1. The summed E-state index contributed by atoms with van der Waals surface area (Å²) in [6.07, 6.45) is 5.32. The fourth-order valence-corrected chi connectivity index (χ4v) is 8.66. The van der Waals surface area contributed by atoms with Gasteiger partial charge in [0, 0.05) is 37.2 Å². The van der Waals surface area contributed by atoms with Crippen LogP contribution >= 0.6 is 0 Å². The summed E-state index contributed by atoms with van der Waals surface area (Å²) in [5.41, 5.74) is -2.64. The maximum atomic E-state index is 12.5. The molecule has 33 heavy (non-hydrogen) atoms. The second-order valence-electron chi connectivity index (χ2n) is 11.7. The average Bonchev–Trinajstić information content (AvgIpc) is 2.96. The molecule has 7 nitrogen and oxygen atoms in total. The van der Waals surface area contributed by atoms with Crippen molar-refractivity contribution in [1.29, 1.82) is 0 Å². The summed E-state index contributed by atoms with van der Waals surface area (Å²) in [7, 11) is 0. The topological polar surface area (TPSA) is 117 Å². The van der Waals surface area contributed by atoms with E-state index < -0.39 is 40.4 Å². The molecule has 0 unspecified atom stereocenters. The van der Waals surface area contributed by atoms with Crippen molar-refractivity contribution in [3.8, 4) is 0 Å². The third-order valence-electron chi connectivity index (χ3n) is 10.4. The van der Waals surface area contributed by atoms with E-state index in [0.29, 0.717) is 38.5 Å². The van der Waals surface area contributed by atoms with Crippen LogP contribution in [-0.4, -0.2) is 44.7 Å². The number of hydrogen-bond acceptors (Lipinski definition) is 7. The van der Waals surface area contributed by atoms with E-state index in [1.165, 1.54) is 19.3 Å². The van der Waals surface area contributed by atoms with Crippen molar-refractivity contribution < 1.29 is 29.3 Å². The van der Waals surface area contributed by atoms with Gasteiger partial charge in [-0.3, -0.25) is 4.79 Å². The Kier molecular flexibility index (Phi) is 5.17. The van der Waals surface area contributed by atoms with Crippen molar-refractivity contribution in [3.63, 3.8) is 0 Å². The molecule has 3 N–H and O–H groups in total. The van der Waals surface area contributed by atoms with Gasteiger partial charge in [-0.25, -0.2) is 4.79 Å². The van der Waals surface area contributed by atoms with Crippen LogP contribution in [0.15, 0.2) is 27.6 Å². The zero-order chi connectivity index (χ0) is 23.8. The molecule has 0 radical (unpaired) electrons. The van der Waals surface area contributed by atoms with E-state index in [1.807, 2.05) is 0 Å². The van der Waals surface area contributed by atoms with Crippen LogP contribution in [0.4, 0.5) is 0 Å². The molecule has 182 valence electrons. The summed E-state index contributed by atoms with van der Waals surface area (Å²) in [5, 5.41) is 34.4. The Morgan fingerprint density at radius 2 is 1.73 bits per heavy atom. The van der Waals surface area contributed by atoms with Gasteiger partial charge in [0.15, 0.2) is 0 Å². The first kappa shape index (κ1) is 23.1. The lowest BCUT2D eigenvalue weighted by atomic mass is 9.42. The molecule has 0 spiro atoms. The highest BCUT2D eigenvalue weighted by Gasteiger charge is 2.72. The van der Waals surface area contributed by atoms with E-state index in [-0.39, 0.29) is 23.2 Å². The number of rotatable bonds is 2. The average molecular weight is 461 g/mol. The minimum Gasteiger partial charge on any atom is -0.462 e. The van der Waals surface area contributed by atoms with E-state index in [1.54, 1.807) is 6.07 Å². The molecule has 1 heterocycles. The van der Waals surface area contributed by atoms with Crippen LogP contribution < -0.4 is 5.63 Å². The maximum Gasteiger partial charge on any atom is 0.335 e. The molecular formula is C26H36O7. The van der Waals surface area contributed by atoms with Crippen LogP contribution in [0.25, 0.3) is 0 Å². The van der Waals surface area contributed by atoms with Gasteiger partial charge in [-0.15, -0.1) is 0 Å². The van der Waals surface area contributed by atoms with Crippen LogP contribution in [0.3, 0.4) is 0 Å². The summed E-state index contributed by atoms with van der Waals surface area (Å²) >= 11 is 0. The third kappa shape index (κ3) is 3.11. The molecule has 9 atom stereocenters. The normalized spacial score (nSPS) is 49.0. The molecule has 4 saturated carbocycles. The summed E-state index contributed by atoms with van der Waals surface area (Å²) < 4.78 is 10.9. The van der Waals surface area contributed by atoms with Gasteiger partial charge in [-0.05, 0) is 67.4 Å². The number of esters is 1. The van der Waals surface area contributed by atoms with Crippen molar-refractivity contribution in [2.24, 2.45) is 22.7 Å². The van der Waals surface area contributed by atoms with E-state index in [9.17, 15) is 24.9 Å². The number of hydrogen-bond donors (Lipinski definition) is 3. The number of ether oxygens (including phenoxy) is 1. The highest BCUT2D eigenvalue weighted by Crippen LogP contribution is 2.71. The molecule has 7 heteroatoms. The predicted octanol–water partition coefficient (Wildman–Crippen LogP) is 2.90. The monoisotopic (exact) mass is 460 g/mol. The van der Waals surface area contributed by atoms with Crippen molar-refractivity contribution in [3.05, 3.63) is 34.4 Å². The lowest BCUT2D eigenvalue weighted by Gasteiger charge is -2.65. The van der Waals surface area contributed by atoms with E-state index in [4.69, 9.17) is 9.15 Å². The number of aliphatic hydroxyl groups is 3. The van der Waals surface area contributed by atoms with Crippen LogP contribution in [0.2, 0.25) is 0 Å². The van der Waals surface area contributed by atoms with E-state index >= 15 is 0 Å². The number of carbonyl (C=O) groups is 1. The minimum absolute atomic E-state index is 0.0458. The summed E-state index contributed by atoms with van der Waals surface area (Å²) in [6.45, 7) is 5.61. The zero-order valence-corrected chi connectivity index (χ0v) is 19.8. The lowest BCUT2D eigenvalue weighted by molar-refractivity contribution is -0.253. The van der Waals surface area contributed by atoms with Crippen LogP contribution in [0.1, 0.15) is 83.6 Å². The van der Waals surface area contributed by atoms with Gasteiger partial charge in [-0.1, -0.05) is 13.8 Å². The standard InChI is InChI=1S/C26H36O7/c1-15(27)33-20-13-26(31)19-8-11-25(30)12-17(28)6-9-23(25,2)18(19)7-10-24(26,3)22(20)16-4-5-21(29)32-14-16/h4-5,14,17-20,22,28,30-31H,6-13H2,1-3H3/t17-,18-,19+,20-,22-,23+,24+,25-,26-/m0/s1. The first-order valence-electron chi connectivity index (χ1n) is 12.3.